The summed E-state index contributed by atoms with van der Waals surface area (Å²) < 4.78 is 0. The first kappa shape index (κ1) is 7.07. The van der Waals surface area contributed by atoms with Crippen molar-refractivity contribution in [3.63, 3.8) is 0 Å². The van der Waals surface area contributed by atoms with Crippen molar-refractivity contribution < 1.29 is 5.11 Å². The molecule has 2 atom stereocenters. The number of aliphatic hydroxyl groups is 1. The molecule has 0 aromatic heterocycles. The van der Waals surface area contributed by atoms with Crippen molar-refractivity contribution in [2.24, 2.45) is 11.3 Å². The zero-order chi connectivity index (χ0) is 6.91. The lowest BCUT2D eigenvalue weighted by molar-refractivity contribution is 0.110. The Morgan fingerprint density at radius 1 is 1.67 bits per heavy atom. The molecule has 0 bridgehead atoms. The second-order valence-electron chi connectivity index (χ2n) is 3.61. The SMILES string of the molecule is C[C@H]1CCC[C@]1(C)CO. The molecule has 9 heavy (non-hydrogen) atoms. The smallest absolute Gasteiger partial charge is 0.0487 e. The fourth-order valence-corrected chi connectivity index (χ4v) is 1.64. The topological polar surface area (TPSA) is 20.2 Å². The van der Waals surface area contributed by atoms with E-state index in [1.165, 1.54) is 19.3 Å². The fraction of sp³-hybridized carbons (Fsp3) is 1.00. The molecule has 1 nitrogen and oxygen atoms in total. The number of hydrogen-bond donors (Lipinski definition) is 1. The van der Waals surface area contributed by atoms with Crippen LogP contribution in [0, 0.1) is 11.3 Å². The molecule has 0 aromatic rings. The summed E-state index contributed by atoms with van der Waals surface area (Å²) in [5.41, 5.74) is 0.250. The van der Waals surface area contributed by atoms with Gasteiger partial charge >= 0.3 is 0 Å². The van der Waals surface area contributed by atoms with E-state index >= 15 is 0 Å². The summed E-state index contributed by atoms with van der Waals surface area (Å²) in [6.45, 7) is 4.79. The Morgan fingerprint density at radius 3 is 2.56 bits per heavy atom. The third-order valence-corrected chi connectivity index (χ3v) is 2.94. The van der Waals surface area contributed by atoms with Gasteiger partial charge in [0.25, 0.3) is 0 Å². The van der Waals surface area contributed by atoms with Gasteiger partial charge in [0.1, 0.15) is 0 Å². The van der Waals surface area contributed by atoms with Crippen molar-refractivity contribution in [3.05, 3.63) is 0 Å². The van der Waals surface area contributed by atoms with Crippen LogP contribution >= 0.6 is 0 Å². The lowest BCUT2D eigenvalue weighted by atomic mass is 9.82. The van der Waals surface area contributed by atoms with E-state index in [9.17, 15) is 0 Å². The largest absolute Gasteiger partial charge is 0.396 e. The van der Waals surface area contributed by atoms with Crippen LogP contribution in [0.5, 0.6) is 0 Å². The van der Waals surface area contributed by atoms with Crippen molar-refractivity contribution in [2.45, 2.75) is 33.1 Å². The molecule has 0 aromatic carbocycles. The van der Waals surface area contributed by atoms with Crippen LogP contribution in [-0.2, 0) is 0 Å². The lowest BCUT2D eigenvalue weighted by Crippen LogP contribution is -2.23. The Morgan fingerprint density at radius 2 is 2.33 bits per heavy atom. The second-order valence-corrected chi connectivity index (χ2v) is 3.61. The van der Waals surface area contributed by atoms with Gasteiger partial charge in [-0.25, -0.2) is 0 Å². The molecule has 1 heteroatoms. The van der Waals surface area contributed by atoms with E-state index in [-0.39, 0.29) is 5.41 Å². The molecule has 0 unspecified atom stereocenters. The summed E-state index contributed by atoms with van der Waals surface area (Å²) >= 11 is 0. The van der Waals surface area contributed by atoms with E-state index in [2.05, 4.69) is 13.8 Å². The van der Waals surface area contributed by atoms with Crippen LogP contribution in [0.15, 0.2) is 0 Å². The van der Waals surface area contributed by atoms with Gasteiger partial charge in [-0.2, -0.15) is 0 Å². The van der Waals surface area contributed by atoms with E-state index in [1.807, 2.05) is 0 Å². The van der Waals surface area contributed by atoms with Crippen LogP contribution in [0.3, 0.4) is 0 Å². The predicted molar refractivity (Wildman–Crippen MR) is 38.2 cm³/mol. The normalized spacial score (nSPS) is 43.7. The Labute approximate surface area is 57.1 Å². The van der Waals surface area contributed by atoms with E-state index in [0.29, 0.717) is 6.61 Å². The Kier molecular flexibility index (Phi) is 1.80. The average Bonchev–Trinajstić information content (AvgIpc) is 2.15. The molecule has 1 N–H and O–H groups in total. The first-order valence-corrected chi connectivity index (χ1v) is 3.80. The van der Waals surface area contributed by atoms with E-state index in [4.69, 9.17) is 5.11 Å². The maximum Gasteiger partial charge on any atom is 0.0487 e. The van der Waals surface area contributed by atoms with Crippen molar-refractivity contribution >= 4 is 0 Å². The Hall–Kier alpha value is -0.0400. The molecule has 0 spiro atoms. The third kappa shape index (κ3) is 1.11. The molecule has 1 rings (SSSR count). The molecule has 0 aliphatic heterocycles. The highest BCUT2D eigenvalue weighted by molar-refractivity contribution is 4.84. The van der Waals surface area contributed by atoms with Crippen molar-refractivity contribution in [2.75, 3.05) is 6.61 Å². The molecule has 1 saturated carbocycles. The Balaban J connectivity index is 2.56. The van der Waals surface area contributed by atoms with Gasteiger partial charge in [0, 0.05) is 6.61 Å². The fourth-order valence-electron chi connectivity index (χ4n) is 1.64. The number of rotatable bonds is 1. The molecule has 0 heterocycles. The van der Waals surface area contributed by atoms with Gasteiger partial charge in [-0.3, -0.25) is 0 Å². The van der Waals surface area contributed by atoms with Crippen molar-refractivity contribution in [1.82, 2.24) is 0 Å². The van der Waals surface area contributed by atoms with Gasteiger partial charge in [-0.1, -0.05) is 26.7 Å². The number of hydrogen-bond acceptors (Lipinski definition) is 1. The maximum absolute atomic E-state index is 9.00. The maximum atomic E-state index is 9.00. The first-order chi connectivity index (χ1) is 4.19. The standard InChI is InChI=1S/C8H16O/c1-7-4-3-5-8(7,2)6-9/h7,9H,3-6H2,1-2H3/t7-,8+/m0/s1. The zero-order valence-corrected chi connectivity index (χ0v) is 6.35. The molecular formula is C8H16O. The van der Waals surface area contributed by atoms with Crippen LogP contribution in [-0.4, -0.2) is 11.7 Å². The van der Waals surface area contributed by atoms with Gasteiger partial charge < -0.3 is 5.11 Å². The summed E-state index contributed by atoms with van der Waals surface area (Å²) in [6.07, 6.45) is 3.82. The summed E-state index contributed by atoms with van der Waals surface area (Å²) in [6, 6.07) is 0. The van der Waals surface area contributed by atoms with Crippen LogP contribution in [0.25, 0.3) is 0 Å². The minimum Gasteiger partial charge on any atom is -0.396 e. The van der Waals surface area contributed by atoms with E-state index in [0.717, 1.165) is 5.92 Å². The summed E-state index contributed by atoms with van der Waals surface area (Å²) in [7, 11) is 0. The highest BCUT2D eigenvalue weighted by Crippen LogP contribution is 2.41. The van der Waals surface area contributed by atoms with Gasteiger partial charge in [0.05, 0.1) is 0 Å². The third-order valence-electron chi connectivity index (χ3n) is 2.94. The van der Waals surface area contributed by atoms with Crippen LogP contribution in [0.4, 0.5) is 0 Å². The molecule has 0 amide bonds. The van der Waals surface area contributed by atoms with Crippen LogP contribution < -0.4 is 0 Å². The van der Waals surface area contributed by atoms with Gasteiger partial charge in [-0.05, 0) is 17.8 Å². The van der Waals surface area contributed by atoms with Crippen molar-refractivity contribution in [1.29, 1.82) is 0 Å². The Bertz CT molecular complexity index is 101. The molecule has 54 valence electrons. The summed E-state index contributed by atoms with van der Waals surface area (Å²) in [5.74, 6) is 0.725. The lowest BCUT2D eigenvalue weighted by Gasteiger charge is -2.25. The molecule has 0 radical (unpaired) electrons. The predicted octanol–water partition coefficient (Wildman–Crippen LogP) is 1.81. The molecule has 0 saturated heterocycles. The average molecular weight is 128 g/mol. The molecule has 1 aliphatic rings. The van der Waals surface area contributed by atoms with Crippen LogP contribution in [0.1, 0.15) is 33.1 Å². The quantitative estimate of drug-likeness (QED) is 0.571. The van der Waals surface area contributed by atoms with E-state index < -0.39 is 0 Å². The van der Waals surface area contributed by atoms with Gasteiger partial charge in [-0.15, -0.1) is 0 Å². The van der Waals surface area contributed by atoms with Gasteiger partial charge in [0.15, 0.2) is 0 Å². The molecule has 1 fully saturated rings. The first-order valence-electron chi connectivity index (χ1n) is 3.80. The van der Waals surface area contributed by atoms with Crippen LogP contribution in [0.2, 0.25) is 0 Å². The number of aliphatic hydroxyl groups excluding tert-OH is 1. The van der Waals surface area contributed by atoms with Gasteiger partial charge in [0.2, 0.25) is 0 Å². The monoisotopic (exact) mass is 128 g/mol. The highest BCUT2D eigenvalue weighted by atomic mass is 16.3. The molecule has 1 aliphatic carbocycles. The second kappa shape index (κ2) is 2.30. The van der Waals surface area contributed by atoms with Crippen molar-refractivity contribution in [3.8, 4) is 0 Å². The molecular weight excluding hydrogens is 112 g/mol. The zero-order valence-electron chi connectivity index (χ0n) is 6.35. The summed E-state index contributed by atoms with van der Waals surface area (Å²) in [4.78, 5) is 0. The minimum atomic E-state index is 0.250. The minimum absolute atomic E-state index is 0.250. The van der Waals surface area contributed by atoms with E-state index in [1.54, 1.807) is 0 Å². The highest BCUT2D eigenvalue weighted by Gasteiger charge is 2.34. The summed E-state index contributed by atoms with van der Waals surface area (Å²) in [5, 5.41) is 9.00.